The topological polar surface area (TPSA) is 84.6 Å². The van der Waals surface area contributed by atoms with E-state index in [9.17, 15) is 14.7 Å². The number of phenols is 1. The molecule has 1 fully saturated rings. The minimum Gasteiger partial charge on any atom is -0.508 e. The fraction of sp³-hybridized carbons (Fsp3) is 0.308. The molecule has 0 saturated carbocycles. The molecule has 1 aliphatic heterocycles. The maximum absolute atomic E-state index is 11.9. The molecule has 6 heteroatoms. The number of nitrogens with zero attached hydrogens (tertiary/aromatic N) is 3. The average Bonchev–Trinajstić information content (AvgIpc) is 2.38. The number of nitriles is 1. The van der Waals surface area contributed by atoms with E-state index < -0.39 is 0 Å². The molecule has 0 bridgehead atoms. The van der Waals surface area contributed by atoms with Crippen LogP contribution in [0.25, 0.3) is 0 Å². The third kappa shape index (κ3) is 2.83. The van der Waals surface area contributed by atoms with Gasteiger partial charge in [-0.3, -0.25) is 14.5 Å². The molecular formula is C13H13N3O3. The Kier molecular flexibility index (Phi) is 3.66. The van der Waals surface area contributed by atoms with E-state index >= 15 is 0 Å². The fourth-order valence-electron chi connectivity index (χ4n) is 1.95. The van der Waals surface area contributed by atoms with Crippen LogP contribution in [0.4, 0.5) is 5.69 Å². The summed E-state index contributed by atoms with van der Waals surface area (Å²) >= 11 is 0. The van der Waals surface area contributed by atoms with Crippen molar-refractivity contribution in [2.75, 3.05) is 24.5 Å². The molecule has 98 valence electrons. The number of hydrogen-bond donors (Lipinski definition) is 1. The number of benzene rings is 1. The second-order valence-electron chi connectivity index (χ2n) is 4.22. The molecule has 1 aromatic rings. The Morgan fingerprint density at radius 3 is 2.26 bits per heavy atom. The van der Waals surface area contributed by atoms with Crippen LogP contribution in [0.5, 0.6) is 5.75 Å². The minimum absolute atomic E-state index is 0.0992. The number of carbonyl (C=O) groups excluding carboxylic acids is 2. The summed E-state index contributed by atoms with van der Waals surface area (Å²) in [5.41, 5.74) is 0.708. The van der Waals surface area contributed by atoms with E-state index in [2.05, 4.69) is 0 Å². The molecule has 1 saturated heterocycles. The van der Waals surface area contributed by atoms with Crippen molar-refractivity contribution in [3.8, 4) is 11.8 Å². The van der Waals surface area contributed by atoms with Gasteiger partial charge in [-0.05, 0) is 24.3 Å². The summed E-state index contributed by atoms with van der Waals surface area (Å²) in [4.78, 5) is 26.5. The number of hydrogen-bond acceptors (Lipinski definition) is 5. The van der Waals surface area contributed by atoms with E-state index in [1.54, 1.807) is 17.0 Å². The van der Waals surface area contributed by atoms with Crippen molar-refractivity contribution >= 4 is 17.5 Å². The number of anilines is 1. The zero-order valence-corrected chi connectivity index (χ0v) is 10.2. The van der Waals surface area contributed by atoms with Crippen molar-refractivity contribution in [1.29, 1.82) is 5.26 Å². The van der Waals surface area contributed by atoms with Gasteiger partial charge in [0, 0.05) is 12.2 Å². The predicted molar refractivity (Wildman–Crippen MR) is 67.3 cm³/mol. The van der Waals surface area contributed by atoms with E-state index in [0.717, 1.165) is 4.90 Å². The zero-order chi connectivity index (χ0) is 13.8. The number of imide groups is 1. The van der Waals surface area contributed by atoms with E-state index in [-0.39, 0.29) is 43.6 Å². The first-order valence-corrected chi connectivity index (χ1v) is 5.86. The molecule has 0 unspecified atom stereocenters. The number of carbonyl (C=O) groups is 2. The van der Waals surface area contributed by atoms with Crippen molar-refractivity contribution in [3.63, 3.8) is 0 Å². The van der Waals surface area contributed by atoms with E-state index in [1.165, 1.54) is 12.1 Å². The normalized spacial score (nSPS) is 15.5. The van der Waals surface area contributed by atoms with Gasteiger partial charge in [-0.15, -0.1) is 0 Å². The van der Waals surface area contributed by atoms with E-state index in [1.807, 2.05) is 6.07 Å². The van der Waals surface area contributed by atoms with E-state index in [4.69, 9.17) is 5.26 Å². The minimum atomic E-state index is -0.306. The molecule has 2 amide bonds. The molecule has 1 aromatic carbocycles. The molecule has 0 aromatic heterocycles. The standard InChI is InChI=1S/C13H13N3O3/c14-6-1-7-16-12(18)8-15(9-13(16)19)10-2-4-11(17)5-3-10/h2-5,17H,1,7-9H2. The van der Waals surface area contributed by atoms with Gasteiger partial charge in [-0.25, -0.2) is 0 Å². The molecule has 0 atom stereocenters. The fourth-order valence-corrected chi connectivity index (χ4v) is 1.95. The van der Waals surface area contributed by atoms with Gasteiger partial charge >= 0.3 is 0 Å². The van der Waals surface area contributed by atoms with Gasteiger partial charge in [0.15, 0.2) is 0 Å². The molecule has 0 aliphatic carbocycles. The van der Waals surface area contributed by atoms with Gasteiger partial charge < -0.3 is 10.0 Å². The summed E-state index contributed by atoms with van der Waals surface area (Å²) in [6, 6.07) is 8.24. The van der Waals surface area contributed by atoms with Crippen molar-refractivity contribution in [3.05, 3.63) is 24.3 Å². The second-order valence-corrected chi connectivity index (χ2v) is 4.22. The lowest BCUT2D eigenvalue weighted by Gasteiger charge is -2.33. The molecule has 19 heavy (non-hydrogen) atoms. The first-order chi connectivity index (χ1) is 9.11. The van der Waals surface area contributed by atoms with Crippen LogP contribution in [0.3, 0.4) is 0 Å². The SMILES string of the molecule is N#CCCN1C(=O)CN(c2ccc(O)cc2)CC1=O. The number of rotatable bonds is 3. The molecule has 0 radical (unpaired) electrons. The van der Waals surface area contributed by atoms with Crippen molar-refractivity contribution < 1.29 is 14.7 Å². The Balaban J connectivity index is 2.09. The monoisotopic (exact) mass is 259 g/mol. The van der Waals surface area contributed by atoms with Gasteiger partial charge in [-0.1, -0.05) is 0 Å². The maximum atomic E-state index is 11.9. The van der Waals surface area contributed by atoms with Crippen LogP contribution in [0.15, 0.2) is 24.3 Å². The second kappa shape index (κ2) is 5.40. The highest BCUT2D eigenvalue weighted by Gasteiger charge is 2.30. The van der Waals surface area contributed by atoms with Gasteiger partial charge in [0.1, 0.15) is 5.75 Å². The third-order valence-corrected chi connectivity index (χ3v) is 2.92. The van der Waals surface area contributed by atoms with Gasteiger partial charge in [0.05, 0.1) is 25.6 Å². The zero-order valence-electron chi connectivity index (χ0n) is 10.2. The molecule has 1 N–H and O–H groups in total. The quantitative estimate of drug-likeness (QED) is 0.798. The van der Waals surface area contributed by atoms with Gasteiger partial charge in [-0.2, -0.15) is 5.26 Å². The number of aromatic hydroxyl groups is 1. The summed E-state index contributed by atoms with van der Waals surface area (Å²) in [7, 11) is 0. The lowest BCUT2D eigenvalue weighted by Crippen LogP contribution is -2.54. The number of phenolic OH excluding ortho intramolecular Hbond substituents is 1. The van der Waals surface area contributed by atoms with Gasteiger partial charge in [0.2, 0.25) is 11.8 Å². The first kappa shape index (κ1) is 12.9. The van der Waals surface area contributed by atoms with Crippen LogP contribution >= 0.6 is 0 Å². The first-order valence-electron chi connectivity index (χ1n) is 5.86. The average molecular weight is 259 g/mol. The Morgan fingerprint density at radius 2 is 1.74 bits per heavy atom. The Labute approximate surface area is 110 Å². The summed E-state index contributed by atoms with van der Waals surface area (Å²) in [6.07, 6.45) is 0.149. The highest BCUT2D eigenvalue weighted by atomic mass is 16.3. The molecule has 2 rings (SSSR count). The van der Waals surface area contributed by atoms with Crippen LogP contribution < -0.4 is 4.90 Å². The lowest BCUT2D eigenvalue weighted by atomic mass is 10.2. The van der Waals surface area contributed by atoms with Crippen LogP contribution in [-0.2, 0) is 9.59 Å². The van der Waals surface area contributed by atoms with Crippen LogP contribution in [-0.4, -0.2) is 41.5 Å². The lowest BCUT2D eigenvalue weighted by molar-refractivity contribution is -0.145. The Morgan fingerprint density at radius 1 is 1.16 bits per heavy atom. The third-order valence-electron chi connectivity index (χ3n) is 2.92. The molecule has 0 spiro atoms. The van der Waals surface area contributed by atoms with Crippen LogP contribution in [0.1, 0.15) is 6.42 Å². The maximum Gasteiger partial charge on any atom is 0.248 e. The van der Waals surface area contributed by atoms with Gasteiger partial charge in [0.25, 0.3) is 0 Å². The molecule has 1 aliphatic rings. The summed E-state index contributed by atoms with van der Waals surface area (Å²) in [5.74, 6) is -0.479. The number of piperazine rings is 1. The van der Waals surface area contributed by atoms with Crippen molar-refractivity contribution in [2.24, 2.45) is 0 Å². The van der Waals surface area contributed by atoms with Crippen LogP contribution in [0, 0.1) is 11.3 Å². The predicted octanol–water partition coefficient (Wildman–Crippen LogP) is 0.481. The Hall–Kier alpha value is -2.55. The highest BCUT2D eigenvalue weighted by Crippen LogP contribution is 2.20. The summed E-state index contributed by atoms with van der Waals surface area (Å²) in [5, 5.41) is 17.7. The molecule has 1 heterocycles. The molecular weight excluding hydrogens is 246 g/mol. The smallest absolute Gasteiger partial charge is 0.248 e. The summed E-state index contributed by atoms with van der Waals surface area (Å²) in [6.45, 7) is 0.349. The largest absolute Gasteiger partial charge is 0.508 e. The Bertz CT molecular complexity index is 515. The van der Waals surface area contributed by atoms with Crippen molar-refractivity contribution in [2.45, 2.75) is 6.42 Å². The summed E-state index contributed by atoms with van der Waals surface area (Å²) < 4.78 is 0. The van der Waals surface area contributed by atoms with Crippen molar-refractivity contribution in [1.82, 2.24) is 4.90 Å². The number of amides is 2. The molecule has 6 nitrogen and oxygen atoms in total. The van der Waals surface area contributed by atoms with Crippen LogP contribution in [0.2, 0.25) is 0 Å². The highest BCUT2D eigenvalue weighted by molar-refractivity contribution is 6.02. The van der Waals surface area contributed by atoms with E-state index in [0.29, 0.717) is 5.69 Å².